The van der Waals surface area contributed by atoms with Gasteiger partial charge in [0.15, 0.2) is 0 Å². The number of aliphatic hydroxyl groups excluding tert-OH is 2. The van der Waals surface area contributed by atoms with E-state index in [-0.39, 0.29) is 33.3 Å². The summed E-state index contributed by atoms with van der Waals surface area (Å²) in [6.07, 6.45) is 5.29. The van der Waals surface area contributed by atoms with E-state index in [2.05, 4.69) is 13.8 Å². The second-order valence-electron chi connectivity index (χ2n) is 5.83. The first-order valence-corrected chi connectivity index (χ1v) is 9.81. The Kier molecular flexibility index (Phi) is 45.7. The van der Waals surface area contributed by atoms with Crippen LogP contribution in [0.1, 0.15) is 91.9 Å². The third-order valence-corrected chi connectivity index (χ3v) is 2.76. The van der Waals surface area contributed by atoms with Crippen LogP contribution in [-0.4, -0.2) is 46.9 Å². The molecule has 0 atom stereocenters. The summed E-state index contributed by atoms with van der Waals surface area (Å²) in [5.74, 6) is -3.07. The van der Waals surface area contributed by atoms with Gasteiger partial charge in [-0.05, 0) is 25.7 Å². The fourth-order valence-corrected chi connectivity index (χ4v) is 1.37. The van der Waals surface area contributed by atoms with E-state index in [4.69, 9.17) is 10.2 Å². The van der Waals surface area contributed by atoms with Crippen LogP contribution in [0.5, 0.6) is 0 Å². The summed E-state index contributed by atoms with van der Waals surface area (Å²) in [6, 6.07) is 0. The zero-order chi connectivity index (χ0) is 22.8. The van der Waals surface area contributed by atoms with Gasteiger partial charge in [-0.15, -0.1) is 0 Å². The molecule has 2 N–H and O–H groups in total. The topological polar surface area (TPSA) is 155 Å². The van der Waals surface area contributed by atoms with Crippen LogP contribution in [0.2, 0.25) is 0 Å². The Morgan fingerprint density at radius 2 is 0.897 bits per heavy atom. The van der Waals surface area contributed by atoms with Crippen LogP contribution in [0.4, 0.5) is 0 Å². The molecule has 0 amide bonds. The van der Waals surface area contributed by atoms with E-state index >= 15 is 0 Å². The van der Waals surface area contributed by atoms with Crippen LogP contribution in [0.3, 0.4) is 0 Å². The van der Waals surface area contributed by atoms with E-state index in [9.17, 15) is 29.4 Å². The van der Waals surface area contributed by atoms with Gasteiger partial charge in [0.2, 0.25) is 0 Å². The summed E-state index contributed by atoms with van der Waals surface area (Å²) >= 11 is 0. The summed E-state index contributed by atoms with van der Waals surface area (Å²) in [7, 11) is 0. The number of ketones is 2. The Morgan fingerprint density at radius 3 is 1.00 bits per heavy atom. The van der Waals surface area contributed by atoms with E-state index in [1.165, 1.54) is 0 Å². The largest absolute Gasteiger partial charge is 2.00 e. The van der Waals surface area contributed by atoms with E-state index in [1.807, 2.05) is 13.8 Å². The molecule has 0 bridgehead atoms. The van der Waals surface area contributed by atoms with Crippen molar-refractivity contribution in [2.45, 2.75) is 91.9 Å². The Morgan fingerprint density at radius 1 is 0.621 bits per heavy atom. The van der Waals surface area contributed by atoms with Gasteiger partial charge >= 0.3 is 21.7 Å². The monoisotopic (exact) mass is 454 g/mol. The van der Waals surface area contributed by atoms with Crippen molar-refractivity contribution in [3.63, 3.8) is 0 Å². The molecule has 0 saturated heterocycles. The maximum absolute atomic E-state index is 10.4. The average Bonchev–Trinajstić information content (AvgIpc) is 2.57. The number of carboxylic acids is 2. The summed E-state index contributed by atoms with van der Waals surface area (Å²) in [5, 5.41) is 35.6. The number of carbonyl (C=O) groups excluding carboxylic acids is 4. The van der Waals surface area contributed by atoms with Gasteiger partial charge in [-0.3, -0.25) is 9.59 Å². The summed E-state index contributed by atoms with van der Waals surface area (Å²) in [6.45, 7) is 8.44. The first-order chi connectivity index (χ1) is 13.2. The van der Waals surface area contributed by atoms with Crippen LogP contribution in [0, 0.1) is 0 Å². The molecule has 0 radical (unpaired) electrons. The van der Waals surface area contributed by atoms with Gasteiger partial charge in [0.1, 0.15) is 11.6 Å². The van der Waals surface area contributed by atoms with Gasteiger partial charge in [-0.25, -0.2) is 0 Å². The van der Waals surface area contributed by atoms with Crippen molar-refractivity contribution in [1.29, 1.82) is 0 Å². The molecule has 8 nitrogen and oxygen atoms in total. The third-order valence-electron chi connectivity index (χ3n) is 2.76. The Balaban J connectivity index is -0.0000000907. The predicted molar refractivity (Wildman–Crippen MR) is 103 cm³/mol. The second-order valence-corrected chi connectivity index (χ2v) is 5.83. The maximum Gasteiger partial charge on any atom is 2.00 e. The summed E-state index contributed by atoms with van der Waals surface area (Å²) < 4.78 is 0. The minimum atomic E-state index is -1.28. The molecular formula is C20H38O8Ti. The predicted octanol–water partition coefficient (Wildman–Crippen LogP) is 0.546. The van der Waals surface area contributed by atoms with Crippen molar-refractivity contribution in [2.24, 2.45) is 0 Å². The number of rotatable bonds is 12. The first-order valence-electron chi connectivity index (χ1n) is 9.81. The molecular weight excluding hydrogens is 416 g/mol. The molecule has 0 spiro atoms. The SMILES string of the molecule is CCCC(=O)CC(=O)[O-].CCCC(=O)CC(=O)[O-].CCCCO.CCCCO.[Ti+2]. The number of Topliss-reactive ketones (excluding diaryl/α,β-unsaturated/α-hetero) is 2. The van der Waals surface area contributed by atoms with Crippen LogP contribution >= 0.6 is 0 Å². The molecule has 170 valence electrons. The molecule has 0 aliphatic rings. The molecule has 0 aliphatic heterocycles. The first kappa shape index (κ1) is 38.5. The van der Waals surface area contributed by atoms with Gasteiger partial charge in [0.25, 0.3) is 0 Å². The number of hydrogen-bond acceptors (Lipinski definition) is 8. The molecule has 0 unspecified atom stereocenters. The van der Waals surface area contributed by atoms with Crippen LogP contribution < -0.4 is 10.2 Å². The fraction of sp³-hybridized carbons (Fsp3) is 0.800. The Bertz CT molecular complexity index is 347. The van der Waals surface area contributed by atoms with Crippen molar-refractivity contribution < 1.29 is 61.3 Å². The average molecular weight is 454 g/mol. The van der Waals surface area contributed by atoms with Crippen molar-refractivity contribution in [3.05, 3.63) is 0 Å². The quantitative estimate of drug-likeness (QED) is 0.320. The Hall–Kier alpha value is -1.09. The molecule has 0 fully saturated rings. The number of carboxylic acid groups (broad SMARTS) is 2. The maximum atomic E-state index is 10.4. The number of aliphatic carboxylic acids is 2. The number of hydrogen-bond donors (Lipinski definition) is 2. The standard InChI is InChI=1S/2C6H10O3.2C4H10O.Ti/c2*1-2-3-5(7)4-6(8)9;2*1-2-3-4-5;/h2*2-4H2,1H3,(H,8,9);2*5H,2-4H2,1H3;/q;;;;+2/p-2. The summed E-state index contributed by atoms with van der Waals surface area (Å²) in [4.78, 5) is 40.4. The molecule has 0 aromatic heterocycles. The van der Waals surface area contributed by atoms with Crippen LogP contribution in [0.25, 0.3) is 0 Å². The number of unbranched alkanes of at least 4 members (excludes halogenated alkanes) is 2. The van der Waals surface area contributed by atoms with Gasteiger partial charge < -0.3 is 30.0 Å². The third kappa shape index (κ3) is 58.4. The molecule has 0 saturated carbocycles. The fourth-order valence-electron chi connectivity index (χ4n) is 1.37. The number of carbonyl (C=O) groups is 4. The molecule has 0 aromatic rings. The molecule has 0 aromatic carbocycles. The Labute approximate surface area is 190 Å². The molecule has 0 heterocycles. The minimum absolute atomic E-state index is 0. The van der Waals surface area contributed by atoms with Crippen LogP contribution in [-0.2, 0) is 40.9 Å². The van der Waals surface area contributed by atoms with Crippen LogP contribution in [0.15, 0.2) is 0 Å². The van der Waals surface area contributed by atoms with Gasteiger partial charge in [-0.1, -0.05) is 40.5 Å². The normalized spacial score (nSPS) is 8.48. The van der Waals surface area contributed by atoms with Gasteiger partial charge in [-0.2, -0.15) is 0 Å². The smallest absolute Gasteiger partial charge is 0.550 e. The van der Waals surface area contributed by atoms with Crippen molar-refractivity contribution in [2.75, 3.05) is 13.2 Å². The van der Waals surface area contributed by atoms with Crippen molar-refractivity contribution in [1.82, 2.24) is 0 Å². The molecule has 0 rings (SSSR count). The number of aliphatic hydroxyl groups is 2. The zero-order valence-corrected chi connectivity index (χ0v) is 19.9. The van der Waals surface area contributed by atoms with E-state index in [0.717, 1.165) is 25.7 Å². The molecule has 0 aliphatic carbocycles. The second kappa shape index (κ2) is 34.4. The zero-order valence-electron chi connectivity index (χ0n) is 18.3. The van der Waals surface area contributed by atoms with Crippen molar-refractivity contribution >= 4 is 23.5 Å². The van der Waals surface area contributed by atoms with E-state index in [0.29, 0.717) is 38.9 Å². The van der Waals surface area contributed by atoms with E-state index < -0.39 is 24.8 Å². The summed E-state index contributed by atoms with van der Waals surface area (Å²) in [5.41, 5.74) is 0. The minimum Gasteiger partial charge on any atom is -0.550 e. The van der Waals surface area contributed by atoms with Gasteiger partial charge in [0.05, 0.1) is 0 Å². The molecule has 9 heteroatoms. The van der Waals surface area contributed by atoms with Crippen molar-refractivity contribution in [3.8, 4) is 0 Å². The molecule has 29 heavy (non-hydrogen) atoms. The van der Waals surface area contributed by atoms with E-state index in [1.54, 1.807) is 0 Å². The van der Waals surface area contributed by atoms with Gasteiger partial charge in [0, 0.05) is 50.8 Å².